The summed E-state index contributed by atoms with van der Waals surface area (Å²) < 4.78 is 0. The minimum atomic E-state index is 0.645. The molecule has 86 valence electrons. The van der Waals surface area contributed by atoms with Crippen molar-refractivity contribution in [2.45, 2.75) is 32.1 Å². The van der Waals surface area contributed by atoms with Crippen LogP contribution >= 0.6 is 0 Å². The van der Waals surface area contributed by atoms with Crippen LogP contribution in [0, 0.1) is 0 Å². The highest BCUT2D eigenvalue weighted by Gasteiger charge is 2.30. The summed E-state index contributed by atoms with van der Waals surface area (Å²) in [7, 11) is 0. The van der Waals surface area contributed by atoms with E-state index in [1.54, 1.807) is 11.1 Å². The van der Waals surface area contributed by atoms with Gasteiger partial charge in [-0.1, -0.05) is 42.0 Å². The molecule has 0 N–H and O–H groups in total. The van der Waals surface area contributed by atoms with Gasteiger partial charge in [0.25, 0.3) is 0 Å². The summed E-state index contributed by atoms with van der Waals surface area (Å²) in [5.41, 5.74) is 7.63. The molecule has 0 aliphatic heterocycles. The Hall–Kier alpha value is -1.56. The van der Waals surface area contributed by atoms with E-state index in [0.29, 0.717) is 5.92 Å². The molecule has 0 saturated carbocycles. The third kappa shape index (κ3) is 1.51. The largest absolute Gasteiger partial charge is 0.103 e. The van der Waals surface area contributed by atoms with E-state index < -0.39 is 0 Å². The van der Waals surface area contributed by atoms with Gasteiger partial charge in [-0.2, -0.15) is 0 Å². The molecule has 2 aliphatic carbocycles. The molecule has 1 atom stereocenters. The second kappa shape index (κ2) is 4.03. The van der Waals surface area contributed by atoms with Crippen LogP contribution in [0.3, 0.4) is 0 Å². The van der Waals surface area contributed by atoms with Crippen molar-refractivity contribution in [3.63, 3.8) is 0 Å². The van der Waals surface area contributed by atoms with Crippen LogP contribution in [0.4, 0.5) is 0 Å². The molecule has 1 unspecified atom stereocenters. The Kier molecular flexibility index (Phi) is 2.51. The van der Waals surface area contributed by atoms with Crippen molar-refractivity contribution in [3.8, 4) is 0 Å². The molecule has 3 rings (SSSR count). The fourth-order valence-corrected chi connectivity index (χ4v) is 3.26. The first-order valence-electron chi connectivity index (χ1n) is 6.43. The van der Waals surface area contributed by atoms with E-state index in [1.165, 1.54) is 29.5 Å². The molecule has 0 amide bonds. The third-order valence-corrected chi connectivity index (χ3v) is 4.08. The highest BCUT2D eigenvalue weighted by atomic mass is 14.3. The van der Waals surface area contributed by atoms with Crippen molar-refractivity contribution in [2.75, 3.05) is 0 Å². The Morgan fingerprint density at radius 2 is 2.29 bits per heavy atom. The quantitative estimate of drug-likeness (QED) is 0.635. The lowest BCUT2D eigenvalue weighted by Gasteiger charge is -2.20. The molecule has 0 spiro atoms. The van der Waals surface area contributed by atoms with Crippen LogP contribution < -0.4 is 0 Å². The topological polar surface area (TPSA) is 0 Å². The third-order valence-electron chi connectivity index (χ3n) is 4.08. The zero-order valence-electron chi connectivity index (χ0n) is 10.4. The predicted octanol–water partition coefficient (Wildman–Crippen LogP) is 4.94. The number of benzene rings is 1. The van der Waals surface area contributed by atoms with Crippen LogP contribution in [0.25, 0.3) is 11.6 Å². The minimum absolute atomic E-state index is 0.645. The summed E-state index contributed by atoms with van der Waals surface area (Å²) in [5.74, 6) is 0.645. The van der Waals surface area contributed by atoms with Gasteiger partial charge in [-0.05, 0) is 48.4 Å². The van der Waals surface area contributed by atoms with Crippen LogP contribution in [0.5, 0.6) is 0 Å². The van der Waals surface area contributed by atoms with E-state index in [-0.39, 0.29) is 0 Å². The van der Waals surface area contributed by atoms with Crippen LogP contribution in [0.15, 0.2) is 42.5 Å². The van der Waals surface area contributed by atoms with Gasteiger partial charge in [0.2, 0.25) is 0 Å². The number of hydrogen-bond donors (Lipinski definition) is 0. The van der Waals surface area contributed by atoms with E-state index in [2.05, 4.69) is 43.9 Å². The molecule has 0 saturated heterocycles. The van der Waals surface area contributed by atoms with E-state index in [4.69, 9.17) is 0 Å². The molecule has 1 aromatic rings. The van der Waals surface area contributed by atoms with Crippen LogP contribution in [0.1, 0.15) is 48.8 Å². The Morgan fingerprint density at radius 1 is 1.41 bits per heavy atom. The number of allylic oxidation sites excluding steroid dienone is 4. The second-order valence-electron chi connectivity index (χ2n) is 4.98. The standard InChI is InChI=1S/C17H18/c1-3-4-9-14-12(2)15-10-5-7-13-8-6-11-16(14)17(13)15/h3,5-8,10,16H,1,4,9,11H2,2H3. The summed E-state index contributed by atoms with van der Waals surface area (Å²) >= 11 is 0. The van der Waals surface area contributed by atoms with Crippen LogP contribution in [-0.4, -0.2) is 0 Å². The highest BCUT2D eigenvalue weighted by Crippen LogP contribution is 2.49. The Labute approximate surface area is 103 Å². The molecule has 1 aromatic carbocycles. The van der Waals surface area contributed by atoms with Crippen molar-refractivity contribution < 1.29 is 0 Å². The monoisotopic (exact) mass is 222 g/mol. The number of hydrogen-bond acceptors (Lipinski definition) is 0. The molecular weight excluding hydrogens is 204 g/mol. The van der Waals surface area contributed by atoms with Gasteiger partial charge in [-0.3, -0.25) is 0 Å². The molecule has 0 heteroatoms. The molecule has 0 fully saturated rings. The maximum atomic E-state index is 3.84. The van der Waals surface area contributed by atoms with Crippen molar-refractivity contribution in [1.82, 2.24) is 0 Å². The maximum absolute atomic E-state index is 3.84. The zero-order valence-corrected chi connectivity index (χ0v) is 10.4. The summed E-state index contributed by atoms with van der Waals surface area (Å²) in [4.78, 5) is 0. The summed E-state index contributed by atoms with van der Waals surface area (Å²) in [6.07, 6.45) is 10.1. The highest BCUT2D eigenvalue weighted by molar-refractivity contribution is 5.81. The molecule has 0 bridgehead atoms. The molecule has 17 heavy (non-hydrogen) atoms. The van der Waals surface area contributed by atoms with Gasteiger partial charge < -0.3 is 0 Å². The predicted molar refractivity (Wildman–Crippen MR) is 74.9 cm³/mol. The molecule has 0 aromatic heterocycles. The van der Waals surface area contributed by atoms with Gasteiger partial charge in [0, 0.05) is 5.92 Å². The molecule has 0 radical (unpaired) electrons. The van der Waals surface area contributed by atoms with Crippen molar-refractivity contribution in [1.29, 1.82) is 0 Å². The maximum Gasteiger partial charge on any atom is 0.0101 e. The summed E-state index contributed by atoms with van der Waals surface area (Å²) in [6, 6.07) is 6.70. The zero-order chi connectivity index (χ0) is 11.8. The lowest BCUT2D eigenvalue weighted by atomic mass is 9.84. The Balaban J connectivity index is 2.10. The lowest BCUT2D eigenvalue weighted by molar-refractivity contribution is 0.763. The van der Waals surface area contributed by atoms with Gasteiger partial charge in [-0.15, -0.1) is 6.58 Å². The number of rotatable bonds is 3. The van der Waals surface area contributed by atoms with Gasteiger partial charge >= 0.3 is 0 Å². The Morgan fingerprint density at radius 3 is 3.12 bits per heavy atom. The average molecular weight is 222 g/mol. The fraction of sp³-hybridized carbons (Fsp3) is 0.294. The fourth-order valence-electron chi connectivity index (χ4n) is 3.26. The first-order chi connectivity index (χ1) is 8.33. The van der Waals surface area contributed by atoms with Gasteiger partial charge in [0.15, 0.2) is 0 Å². The van der Waals surface area contributed by atoms with Crippen LogP contribution in [-0.2, 0) is 0 Å². The molecular formula is C17H18. The van der Waals surface area contributed by atoms with Crippen LogP contribution in [0.2, 0.25) is 0 Å². The van der Waals surface area contributed by atoms with E-state index in [0.717, 1.165) is 6.42 Å². The first-order valence-corrected chi connectivity index (χ1v) is 6.43. The van der Waals surface area contributed by atoms with E-state index in [1.807, 2.05) is 6.08 Å². The SMILES string of the molecule is C=CCCC1=C(C)c2cccc3c2C1CC=C3. The van der Waals surface area contributed by atoms with Crippen molar-refractivity contribution in [3.05, 3.63) is 59.2 Å². The molecule has 2 aliphatic rings. The summed E-state index contributed by atoms with van der Waals surface area (Å²) in [5, 5.41) is 0. The first kappa shape index (κ1) is 10.6. The Bertz CT molecular complexity index is 529. The summed E-state index contributed by atoms with van der Waals surface area (Å²) in [6.45, 7) is 6.13. The van der Waals surface area contributed by atoms with Crippen molar-refractivity contribution >= 4 is 11.6 Å². The normalized spacial score (nSPS) is 20.6. The second-order valence-corrected chi connectivity index (χ2v) is 4.98. The molecule has 0 heterocycles. The van der Waals surface area contributed by atoms with Crippen molar-refractivity contribution in [2.24, 2.45) is 0 Å². The molecule has 0 nitrogen and oxygen atoms in total. The van der Waals surface area contributed by atoms with E-state index in [9.17, 15) is 0 Å². The smallest absolute Gasteiger partial charge is 0.0101 e. The van der Waals surface area contributed by atoms with Gasteiger partial charge in [0.05, 0.1) is 0 Å². The lowest BCUT2D eigenvalue weighted by Crippen LogP contribution is -2.03. The van der Waals surface area contributed by atoms with E-state index >= 15 is 0 Å². The minimum Gasteiger partial charge on any atom is -0.103 e. The average Bonchev–Trinajstić information content (AvgIpc) is 2.64. The van der Waals surface area contributed by atoms with Gasteiger partial charge in [-0.25, -0.2) is 0 Å². The van der Waals surface area contributed by atoms with Gasteiger partial charge in [0.1, 0.15) is 0 Å².